The van der Waals surface area contributed by atoms with Crippen LogP contribution in [0.3, 0.4) is 0 Å². The Morgan fingerprint density at radius 2 is 1.65 bits per heavy atom. The average molecular weight is 310 g/mol. The third-order valence-electron chi connectivity index (χ3n) is 4.86. The lowest BCUT2D eigenvalue weighted by Crippen LogP contribution is -2.33. The number of nitrogens with zero attached hydrogens (tertiary/aromatic N) is 2. The normalized spacial score (nSPS) is 16.8. The maximum Gasteiger partial charge on any atom is 0.225 e. The van der Waals surface area contributed by atoms with Gasteiger partial charge in [0.1, 0.15) is 0 Å². The zero-order chi connectivity index (χ0) is 16.1. The minimum absolute atomic E-state index is 0.0851. The van der Waals surface area contributed by atoms with Gasteiger partial charge in [0.25, 0.3) is 0 Å². The van der Waals surface area contributed by atoms with E-state index >= 15 is 0 Å². The van der Waals surface area contributed by atoms with Crippen molar-refractivity contribution in [3.8, 4) is 0 Å². The summed E-state index contributed by atoms with van der Waals surface area (Å²) >= 11 is 0. The van der Waals surface area contributed by atoms with Crippen LogP contribution < -0.4 is 0 Å². The molecule has 1 saturated heterocycles. The molecule has 0 bridgehead atoms. The Morgan fingerprint density at radius 1 is 1.00 bits per heavy atom. The molecule has 1 atom stereocenters. The van der Waals surface area contributed by atoms with Gasteiger partial charge in [0, 0.05) is 25.5 Å². The Balaban J connectivity index is 1.82. The van der Waals surface area contributed by atoms with E-state index in [1.807, 2.05) is 12.1 Å². The first-order valence-corrected chi connectivity index (χ1v) is 8.71. The van der Waals surface area contributed by atoms with Gasteiger partial charge in [-0.15, -0.1) is 0 Å². The van der Waals surface area contributed by atoms with Gasteiger partial charge in [-0.2, -0.15) is 0 Å². The summed E-state index contributed by atoms with van der Waals surface area (Å²) in [6.07, 6.45) is 9.46. The molecule has 0 aliphatic carbocycles. The predicted octanol–water partition coefficient (Wildman–Crippen LogP) is 4.18. The molecule has 0 N–H and O–H groups in total. The molecule has 1 aromatic heterocycles. The monoisotopic (exact) mass is 310 g/mol. The number of carbonyl (C=O) groups is 1. The first kappa shape index (κ1) is 15.9. The van der Waals surface area contributed by atoms with E-state index in [0.29, 0.717) is 6.42 Å². The van der Waals surface area contributed by atoms with E-state index in [0.717, 1.165) is 25.9 Å². The first-order chi connectivity index (χ1) is 11.3. The Labute approximate surface area is 138 Å². The summed E-state index contributed by atoms with van der Waals surface area (Å²) in [5.41, 5.74) is 2.49. The van der Waals surface area contributed by atoms with Crippen molar-refractivity contribution >= 4 is 5.91 Å². The second-order valence-corrected chi connectivity index (χ2v) is 6.50. The fourth-order valence-corrected chi connectivity index (χ4v) is 3.51. The van der Waals surface area contributed by atoms with Crippen molar-refractivity contribution in [2.24, 2.45) is 0 Å². The lowest BCUT2D eigenvalue weighted by Gasteiger charge is -2.26. The maximum absolute atomic E-state index is 12.9. The van der Waals surface area contributed by atoms with Crippen LogP contribution in [0.5, 0.6) is 0 Å². The van der Waals surface area contributed by atoms with Gasteiger partial charge in [-0.3, -0.25) is 4.79 Å². The molecule has 1 fully saturated rings. The molecule has 3 nitrogen and oxygen atoms in total. The second-order valence-electron chi connectivity index (χ2n) is 6.50. The molecule has 3 heteroatoms. The molecular formula is C20H26N2O. The molecule has 1 amide bonds. The lowest BCUT2D eigenvalue weighted by molar-refractivity contribution is -0.131. The van der Waals surface area contributed by atoms with Crippen LogP contribution in [0.4, 0.5) is 0 Å². The molecule has 0 radical (unpaired) electrons. The van der Waals surface area contributed by atoms with E-state index in [-0.39, 0.29) is 11.9 Å². The second kappa shape index (κ2) is 7.49. The summed E-state index contributed by atoms with van der Waals surface area (Å²) < 4.78 is 2.16. The number of rotatable bonds is 4. The molecular weight excluding hydrogens is 284 g/mol. The standard InChI is InChI=1S/C20H26N2O/c1-17-10-4-5-11-18(17)19(21-12-8-9-13-21)16-20(23)22-14-6-2-3-7-15-22/h4-5,8-13,19H,2-3,6-7,14-16H2,1H3/t19-/m0/s1. The summed E-state index contributed by atoms with van der Waals surface area (Å²) in [7, 11) is 0. The molecule has 1 aliphatic heterocycles. The van der Waals surface area contributed by atoms with Crippen molar-refractivity contribution in [1.82, 2.24) is 9.47 Å². The van der Waals surface area contributed by atoms with Crippen LogP contribution in [-0.4, -0.2) is 28.5 Å². The minimum atomic E-state index is 0.0851. The topological polar surface area (TPSA) is 25.2 Å². The number of hydrogen-bond acceptors (Lipinski definition) is 1. The number of amides is 1. The molecule has 2 heterocycles. The fourth-order valence-electron chi connectivity index (χ4n) is 3.51. The van der Waals surface area contributed by atoms with Crippen LogP contribution >= 0.6 is 0 Å². The van der Waals surface area contributed by atoms with Gasteiger partial charge >= 0.3 is 0 Å². The SMILES string of the molecule is Cc1ccccc1[C@H](CC(=O)N1CCCCCC1)n1cccc1. The predicted molar refractivity (Wildman–Crippen MR) is 93.4 cm³/mol. The fraction of sp³-hybridized carbons (Fsp3) is 0.450. The van der Waals surface area contributed by atoms with Gasteiger partial charge in [-0.1, -0.05) is 37.1 Å². The average Bonchev–Trinajstić information content (AvgIpc) is 2.95. The Hall–Kier alpha value is -2.03. The van der Waals surface area contributed by atoms with Crippen LogP contribution in [0.15, 0.2) is 48.8 Å². The highest BCUT2D eigenvalue weighted by molar-refractivity contribution is 5.77. The first-order valence-electron chi connectivity index (χ1n) is 8.71. The smallest absolute Gasteiger partial charge is 0.225 e. The van der Waals surface area contributed by atoms with Gasteiger partial charge in [0.15, 0.2) is 0 Å². The lowest BCUT2D eigenvalue weighted by atomic mass is 9.98. The van der Waals surface area contributed by atoms with Crippen molar-refractivity contribution in [2.75, 3.05) is 13.1 Å². The summed E-state index contributed by atoms with van der Waals surface area (Å²) in [6.45, 7) is 3.97. The highest BCUT2D eigenvalue weighted by Gasteiger charge is 2.23. The third-order valence-corrected chi connectivity index (χ3v) is 4.86. The molecule has 0 spiro atoms. The molecule has 3 rings (SSSR count). The summed E-state index contributed by atoms with van der Waals surface area (Å²) in [5.74, 6) is 0.286. The van der Waals surface area contributed by atoms with E-state index in [2.05, 4.69) is 53.0 Å². The maximum atomic E-state index is 12.9. The van der Waals surface area contributed by atoms with Gasteiger partial charge in [0.2, 0.25) is 5.91 Å². The molecule has 1 aromatic carbocycles. The molecule has 122 valence electrons. The van der Waals surface area contributed by atoms with Gasteiger partial charge in [0.05, 0.1) is 12.5 Å². The number of carbonyl (C=O) groups excluding carboxylic acids is 1. The molecule has 1 aliphatic rings. The largest absolute Gasteiger partial charge is 0.346 e. The van der Waals surface area contributed by atoms with Gasteiger partial charge in [-0.05, 0) is 43.0 Å². The minimum Gasteiger partial charge on any atom is -0.346 e. The zero-order valence-corrected chi connectivity index (χ0v) is 13.9. The van der Waals surface area contributed by atoms with E-state index in [1.54, 1.807) is 0 Å². The van der Waals surface area contributed by atoms with Crippen molar-refractivity contribution in [3.63, 3.8) is 0 Å². The van der Waals surface area contributed by atoms with Crippen LogP contribution in [0.25, 0.3) is 0 Å². The van der Waals surface area contributed by atoms with Crippen molar-refractivity contribution < 1.29 is 4.79 Å². The number of benzene rings is 1. The molecule has 2 aromatic rings. The summed E-state index contributed by atoms with van der Waals surface area (Å²) in [6, 6.07) is 12.5. The van der Waals surface area contributed by atoms with Crippen molar-refractivity contribution in [3.05, 3.63) is 59.9 Å². The number of hydrogen-bond donors (Lipinski definition) is 0. The van der Waals surface area contributed by atoms with Crippen molar-refractivity contribution in [2.45, 2.75) is 45.1 Å². The highest BCUT2D eigenvalue weighted by atomic mass is 16.2. The van der Waals surface area contributed by atoms with Crippen LogP contribution in [0, 0.1) is 6.92 Å². The van der Waals surface area contributed by atoms with E-state index in [1.165, 1.54) is 24.0 Å². The van der Waals surface area contributed by atoms with E-state index in [4.69, 9.17) is 0 Å². The highest BCUT2D eigenvalue weighted by Crippen LogP contribution is 2.26. The quantitative estimate of drug-likeness (QED) is 0.831. The molecule has 0 unspecified atom stereocenters. The Morgan fingerprint density at radius 3 is 2.30 bits per heavy atom. The van der Waals surface area contributed by atoms with E-state index in [9.17, 15) is 4.79 Å². The van der Waals surface area contributed by atoms with Gasteiger partial charge in [-0.25, -0.2) is 0 Å². The Kier molecular flexibility index (Phi) is 5.16. The summed E-state index contributed by atoms with van der Waals surface area (Å²) in [4.78, 5) is 14.9. The van der Waals surface area contributed by atoms with Crippen LogP contribution in [-0.2, 0) is 4.79 Å². The summed E-state index contributed by atoms with van der Waals surface area (Å²) in [5, 5.41) is 0. The molecule has 23 heavy (non-hydrogen) atoms. The van der Waals surface area contributed by atoms with E-state index < -0.39 is 0 Å². The third kappa shape index (κ3) is 3.84. The number of likely N-dealkylation sites (tertiary alicyclic amines) is 1. The number of aryl methyl sites for hydroxylation is 1. The zero-order valence-electron chi connectivity index (χ0n) is 13.9. The van der Waals surface area contributed by atoms with Gasteiger partial charge < -0.3 is 9.47 Å². The Bertz CT molecular complexity index is 625. The van der Waals surface area contributed by atoms with Crippen molar-refractivity contribution in [1.29, 1.82) is 0 Å². The number of aromatic nitrogens is 1. The molecule has 0 saturated carbocycles. The van der Waals surface area contributed by atoms with Crippen LogP contribution in [0.2, 0.25) is 0 Å². The van der Waals surface area contributed by atoms with Crippen LogP contribution in [0.1, 0.15) is 49.3 Å².